The summed E-state index contributed by atoms with van der Waals surface area (Å²) in [6, 6.07) is 0. The molecule has 0 atom stereocenters. The van der Waals surface area contributed by atoms with Gasteiger partial charge in [-0.05, 0) is 4.92 Å². The van der Waals surface area contributed by atoms with E-state index in [-0.39, 0.29) is 0 Å². The summed E-state index contributed by atoms with van der Waals surface area (Å²) in [7, 11) is 0. The zero-order valence-corrected chi connectivity index (χ0v) is 4.76. The first-order valence-corrected chi connectivity index (χ1v) is 2.65. The molecule has 0 fully saturated rings. The smallest absolute Gasteiger partial charge is 0.357 e. The maximum atomic E-state index is 11.8. The molecule has 0 aliphatic rings. The van der Waals surface area contributed by atoms with Crippen molar-refractivity contribution in [2.24, 2.45) is 0 Å². The molecule has 9 heavy (non-hydrogen) atoms. The number of nitro groups is 1. The lowest BCUT2D eigenvalue weighted by molar-refractivity contribution is -0.385. The first-order chi connectivity index (χ1) is 4.20. The highest BCUT2D eigenvalue weighted by Gasteiger charge is 2.13. The summed E-state index contributed by atoms with van der Waals surface area (Å²) in [5.41, 5.74) is 0. The summed E-state index contributed by atoms with van der Waals surface area (Å²) in [6.07, 6.45) is 0. The van der Waals surface area contributed by atoms with Crippen molar-refractivity contribution in [1.29, 1.82) is 0 Å². The quantitative estimate of drug-likeness (QED) is 0.432. The van der Waals surface area contributed by atoms with E-state index in [1.807, 2.05) is 0 Å². The Morgan fingerprint density at radius 2 is 2.33 bits per heavy atom. The summed E-state index contributed by atoms with van der Waals surface area (Å²) in [4.78, 5) is 8.97. The highest BCUT2D eigenvalue weighted by molar-refractivity contribution is 7.12. The van der Waals surface area contributed by atoms with Crippen molar-refractivity contribution in [2.75, 3.05) is 0 Å². The molecule has 0 spiro atoms. The number of aromatic nitrogens is 2. The average molecular weight is 149 g/mol. The van der Waals surface area contributed by atoms with E-state index in [1.54, 1.807) is 0 Å². The van der Waals surface area contributed by atoms with E-state index < -0.39 is 15.3 Å². The maximum absolute atomic E-state index is 11.8. The molecule has 1 rings (SSSR count). The van der Waals surface area contributed by atoms with Crippen molar-refractivity contribution >= 4 is 16.5 Å². The zero-order valence-electron chi connectivity index (χ0n) is 3.94. The van der Waals surface area contributed by atoms with Gasteiger partial charge in [-0.3, -0.25) is 0 Å². The number of hydrogen-bond donors (Lipinski definition) is 0. The topological polar surface area (TPSA) is 68.9 Å². The Kier molecular flexibility index (Phi) is 1.35. The third-order valence-corrected chi connectivity index (χ3v) is 1.21. The van der Waals surface area contributed by atoms with E-state index in [0.29, 0.717) is 11.3 Å². The van der Waals surface area contributed by atoms with Crippen molar-refractivity contribution in [3.63, 3.8) is 0 Å². The fraction of sp³-hybridized carbons (Fsp3) is 0. The van der Waals surface area contributed by atoms with Gasteiger partial charge in [-0.2, -0.15) is 4.39 Å². The third kappa shape index (κ3) is 1.17. The molecule has 1 aromatic heterocycles. The molecule has 0 unspecified atom stereocenters. The van der Waals surface area contributed by atoms with Crippen LogP contribution in [0.3, 0.4) is 0 Å². The summed E-state index contributed by atoms with van der Waals surface area (Å²) in [5.74, 6) is 0. The molecular formula is C2FN3O2S. The minimum Gasteiger partial charge on any atom is -0.357 e. The molecule has 0 bridgehead atoms. The van der Waals surface area contributed by atoms with Crippen LogP contribution in [0, 0.1) is 15.4 Å². The Morgan fingerprint density at radius 3 is 2.56 bits per heavy atom. The van der Waals surface area contributed by atoms with Gasteiger partial charge in [0.15, 0.2) is 0 Å². The van der Waals surface area contributed by atoms with Gasteiger partial charge in [0.2, 0.25) is 0 Å². The maximum Gasteiger partial charge on any atom is 0.452 e. The predicted octanol–water partition coefficient (Wildman–Crippen LogP) is 0.585. The number of halogens is 1. The van der Waals surface area contributed by atoms with Crippen LogP contribution in [0.1, 0.15) is 0 Å². The van der Waals surface area contributed by atoms with Gasteiger partial charge in [0.25, 0.3) is 0 Å². The Balaban J connectivity index is 2.98. The van der Waals surface area contributed by atoms with Crippen molar-refractivity contribution in [1.82, 2.24) is 10.2 Å². The Morgan fingerprint density at radius 1 is 1.67 bits per heavy atom. The second kappa shape index (κ2) is 2.02. The van der Waals surface area contributed by atoms with Crippen LogP contribution >= 0.6 is 11.3 Å². The molecule has 5 nitrogen and oxygen atoms in total. The number of nitrogens with zero attached hydrogens (tertiary/aromatic N) is 3. The molecular weight excluding hydrogens is 149 g/mol. The summed E-state index contributed by atoms with van der Waals surface area (Å²) in [5, 5.41) is 14.1. The van der Waals surface area contributed by atoms with Gasteiger partial charge in [0.1, 0.15) is 5.10 Å². The van der Waals surface area contributed by atoms with Crippen LogP contribution in [-0.4, -0.2) is 15.1 Å². The first-order valence-electron chi connectivity index (χ1n) is 1.83. The fourth-order valence-corrected chi connectivity index (χ4v) is 0.661. The average Bonchev–Trinajstić information content (AvgIpc) is 2.14. The first kappa shape index (κ1) is 6.02. The van der Waals surface area contributed by atoms with Gasteiger partial charge < -0.3 is 10.1 Å². The van der Waals surface area contributed by atoms with Crippen molar-refractivity contribution in [2.45, 2.75) is 0 Å². The van der Waals surface area contributed by atoms with Crippen molar-refractivity contribution < 1.29 is 9.31 Å². The molecule has 7 heteroatoms. The summed E-state index contributed by atoms with van der Waals surface area (Å²) < 4.78 is 11.8. The summed E-state index contributed by atoms with van der Waals surface area (Å²) in [6.45, 7) is 0. The predicted molar refractivity (Wildman–Crippen MR) is 26.5 cm³/mol. The van der Waals surface area contributed by atoms with Crippen LogP contribution in [0.2, 0.25) is 0 Å². The molecule has 0 aliphatic carbocycles. The molecule has 0 aliphatic heterocycles. The zero-order chi connectivity index (χ0) is 6.85. The molecule has 1 heterocycles. The second-order valence-electron chi connectivity index (χ2n) is 1.09. The van der Waals surface area contributed by atoms with Crippen LogP contribution in [0.4, 0.5) is 9.52 Å². The highest BCUT2D eigenvalue weighted by Crippen LogP contribution is 2.14. The lowest BCUT2D eigenvalue weighted by atomic mass is 11.3. The minimum atomic E-state index is -0.887. The summed E-state index contributed by atoms with van der Waals surface area (Å²) >= 11 is 0.308. The van der Waals surface area contributed by atoms with E-state index >= 15 is 0 Å². The molecule has 0 radical (unpaired) electrons. The lowest BCUT2D eigenvalue weighted by Gasteiger charge is -1.78. The van der Waals surface area contributed by atoms with Crippen LogP contribution in [0.25, 0.3) is 0 Å². The van der Waals surface area contributed by atoms with Gasteiger partial charge in [-0.25, -0.2) is 0 Å². The normalized spacial score (nSPS) is 9.44. The van der Waals surface area contributed by atoms with Gasteiger partial charge in [0.05, 0.1) is 0 Å². The van der Waals surface area contributed by atoms with Crippen LogP contribution in [-0.2, 0) is 0 Å². The fourth-order valence-electron chi connectivity index (χ4n) is 0.272. The molecule has 0 amide bonds. The Bertz CT molecular complexity index is 235. The Labute approximate surface area is 52.3 Å². The molecule has 0 aromatic carbocycles. The van der Waals surface area contributed by atoms with Crippen LogP contribution < -0.4 is 0 Å². The van der Waals surface area contributed by atoms with E-state index in [1.165, 1.54) is 0 Å². The van der Waals surface area contributed by atoms with Gasteiger partial charge >= 0.3 is 10.4 Å². The Hall–Kier alpha value is -1.11. The lowest BCUT2D eigenvalue weighted by Crippen LogP contribution is -1.84. The van der Waals surface area contributed by atoms with E-state index in [9.17, 15) is 14.5 Å². The van der Waals surface area contributed by atoms with E-state index in [2.05, 4.69) is 10.2 Å². The minimum absolute atomic E-state index is 0.308. The van der Waals surface area contributed by atoms with Crippen LogP contribution in [0.15, 0.2) is 0 Å². The van der Waals surface area contributed by atoms with E-state index in [4.69, 9.17) is 0 Å². The number of hydrogen-bond acceptors (Lipinski definition) is 5. The monoisotopic (exact) mass is 149 g/mol. The molecule has 0 saturated carbocycles. The number of rotatable bonds is 1. The molecule has 0 N–H and O–H groups in total. The second-order valence-corrected chi connectivity index (χ2v) is 2.00. The molecule has 0 saturated heterocycles. The SMILES string of the molecule is O=[N+]([O-])c1nnc(F)s1. The molecule has 48 valence electrons. The third-order valence-electron chi connectivity index (χ3n) is 0.546. The molecule has 1 aromatic rings. The largest absolute Gasteiger partial charge is 0.452 e. The van der Waals surface area contributed by atoms with Crippen molar-refractivity contribution in [3.8, 4) is 0 Å². The highest BCUT2D eigenvalue weighted by atomic mass is 32.1. The van der Waals surface area contributed by atoms with Crippen molar-refractivity contribution in [3.05, 3.63) is 15.4 Å². The van der Waals surface area contributed by atoms with Gasteiger partial charge in [-0.1, -0.05) is 0 Å². The van der Waals surface area contributed by atoms with E-state index in [0.717, 1.165) is 0 Å². The van der Waals surface area contributed by atoms with Gasteiger partial charge in [0, 0.05) is 16.4 Å². The van der Waals surface area contributed by atoms with Crippen LogP contribution in [0.5, 0.6) is 0 Å². The van der Waals surface area contributed by atoms with Gasteiger partial charge in [-0.15, -0.1) is 0 Å². The standard InChI is InChI=1S/C2FN3O2S/c3-1-4-5-2(9-1)6(7)8.